The lowest BCUT2D eigenvalue weighted by atomic mass is 9.67. The minimum absolute atomic E-state index is 0.463. The number of rotatable bonds is 7. The van der Waals surface area contributed by atoms with Gasteiger partial charge in [0, 0.05) is 17.1 Å². The van der Waals surface area contributed by atoms with Crippen LogP contribution in [0.4, 0.5) is 17.1 Å². The third-order valence-electron chi connectivity index (χ3n) is 10.1. The highest BCUT2D eigenvalue weighted by molar-refractivity contribution is 5.95. The molecule has 0 heterocycles. The van der Waals surface area contributed by atoms with Gasteiger partial charge in [0.15, 0.2) is 0 Å². The maximum atomic E-state index is 2.48. The summed E-state index contributed by atoms with van der Waals surface area (Å²) < 4.78 is 0. The van der Waals surface area contributed by atoms with Gasteiger partial charge in [0.1, 0.15) is 0 Å². The van der Waals surface area contributed by atoms with Crippen molar-refractivity contribution in [2.24, 2.45) is 0 Å². The molecule has 0 spiro atoms. The lowest BCUT2D eigenvalue weighted by molar-refractivity contribution is 0.769. The summed E-state index contributed by atoms with van der Waals surface area (Å²) in [6.07, 6.45) is 0. The van der Waals surface area contributed by atoms with Gasteiger partial charge in [0.2, 0.25) is 0 Å². The van der Waals surface area contributed by atoms with Crippen LogP contribution in [0.15, 0.2) is 212 Å². The molecule has 0 aliphatic heterocycles. The first kappa shape index (κ1) is 29.7. The summed E-state index contributed by atoms with van der Waals surface area (Å²) in [5.74, 6) is 0. The minimum Gasteiger partial charge on any atom is -0.311 e. The molecule has 50 heavy (non-hydrogen) atoms. The average Bonchev–Trinajstić information content (AvgIpc) is 3.50. The van der Waals surface area contributed by atoms with E-state index in [1.165, 1.54) is 55.6 Å². The van der Waals surface area contributed by atoms with Gasteiger partial charge in [-0.3, -0.25) is 0 Å². The second kappa shape index (κ2) is 12.5. The number of para-hydroxylation sites is 2. The molecule has 1 aliphatic rings. The van der Waals surface area contributed by atoms with Gasteiger partial charge in [0.05, 0.1) is 5.41 Å². The van der Waals surface area contributed by atoms with E-state index in [9.17, 15) is 0 Å². The summed E-state index contributed by atoms with van der Waals surface area (Å²) >= 11 is 0. The van der Waals surface area contributed by atoms with E-state index in [1.807, 2.05) is 0 Å². The zero-order valence-electron chi connectivity index (χ0n) is 27.7. The average molecular weight is 638 g/mol. The molecule has 0 aromatic heterocycles. The molecule has 0 N–H and O–H groups in total. The van der Waals surface area contributed by atoms with Gasteiger partial charge in [-0.2, -0.15) is 0 Å². The molecule has 1 aliphatic carbocycles. The standard InChI is InChI=1S/C49H35N/c1-6-18-36(19-7-1)44-34-46-43-28-16-17-29-47(43)49(38-20-8-2-9-21-38,39-22-10-3-11-23-39)48(46)35-45(44)37-30-32-42(33-31-37)50(40-24-12-4-13-25-40)41-26-14-5-15-27-41/h1-35H. The van der Waals surface area contributed by atoms with Crippen LogP contribution in [0.3, 0.4) is 0 Å². The van der Waals surface area contributed by atoms with Crippen molar-refractivity contribution in [1.29, 1.82) is 0 Å². The monoisotopic (exact) mass is 637 g/mol. The predicted octanol–water partition coefficient (Wildman–Crippen LogP) is 12.9. The number of anilines is 3. The van der Waals surface area contributed by atoms with Gasteiger partial charge in [-0.25, -0.2) is 0 Å². The van der Waals surface area contributed by atoms with Crippen molar-refractivity contribution in [3.05, 3.63) is 235 Å². The van der Waals surface area contributed by atoms with E-state index in [4.69, 9.17) is 0 Å². The fourth-order valence-electron chi connectivity index (χ4n) is 7.97. The molecule has 0 saturated heterocycles. The van der Waals surface area contributed by atoms with Crippen molar-refractivity contribution in [1.82, 2.24) is 0 Å². The molecule has 0 radical (unpaired) electrons. The van der Waals surface area contributed by atoms with Gasteiger partial charge < -0.3 is 4.90 Å². The molecule has 0 unspecified atom stereocenters. The second-order valence-electron chi connectivity index (χ2n) is 12.9. The Morgan fingerprint density at radius 3 is 1.26 bits per heavy atom. The van der Waals surface area contributed by atoms with Crippen molar-refractivity contribution in [3.63, 3.8) is 0 Å². The topological polar surface area (TPSA) is 3.24 Å². The van der Waals surface area contributed by atoms with Crippen LogP contribution in [-0.2, 0) is 5.41 Å². The molecule has 1 nitrogen and oxygen atoms in total. The van der Waals surface area contributed by atoms with Gasteiger partial charge in [0.25, 0.3) is 0 Å². The van der Waals surface area contributed by atoms with Crippen LogP contribution in [0, 0.1) is 0 Å². The Balaban J connectivity index is 1.29. The van der Waals surface area contributed by atoms with Crippen LogP contribution in [0.1, 0.15) is 22.3 Å². The Labute approximate surface area is 294 Å². The van der Waals surface area contributed by atoms with E-state index in [0.29, 0.717) is 0 Å². The maximum absolute atomic E-state index is 2.48. The summed E-state index contributed by atoms with van der Waals surface area (Å²) in [5.41, 5.74) is 15.5. The van der Waals surface area contributed by atoms with E-state index in [-0.39, 0.29) is 0 Å². The van der Waals surface area contributed by atoms with Crippen molar-refractivity contribution in [3.8, 4) is 33.4 Å². The number of hydrogen-bond donors (Lipinski definition) is 0. The summed E-state index contributed by atoms with van der Waals surface area (Å²) in [4.78, 5) is 2.32. The zero-order valence-corrected chi connectivity index (χ0v) is 27.7. The Bertz CT molecular complexity index is 2300. The lowest BCUT2D eigenvalue weighted by Crippen LogP contribution is -2.28. The van der Waals surface area contributed by atoms with E-state index in [1.54, 1.807) is 0 Å². The quantitative estimate of drug-likeness (QED) is 0.168. The first-order chi connectivity index (χ1) is 24.8. The van der Waals surface area contributed by atoms with Crippen LogP contribution < -0.4 is 4.90 Å². The van der Waals surface area contributed by atoms with E-state index < -0.39 is 5.41 Å². The molecule has 0 atom stereocenters. The van der Waals surface area contributed by atoms with Crippen molar-refractivity contribution >= 4 is 17.1 Å². The van der Waals surface area contributed by atoms with Crippen LogP contribution >= 0.6 is 0 Å². The van der Waals surface area contributed by atoms with E-state index in [0.717, 1.165) is 17.1 Å². The normalized spacial score (nSPS) is 12.6. The van der Waals surface area contributed by atoms with Crippen molar-refractivity contribution < 1.29 is 0 Å². The van der Waals surface area contributed by atoms with E-state index >= 15 is 0 Å². The molecule has 0 saturated carbocycles. The van der Waals surface area contributed by atoms with Crippen LogP contribution in [0.5, 0.6) is 0 Å². The fourth-order valence-corrected chi connectivity index (χ4v) is 7.97. The Morgan fingerprint density at radius 2 is 0.700 bits per heavy atom. The van der Waals surface area contributed by atoms with E-state index in [2.05, 4.69) is 217 Å². The zero-order chi connectivity index (χ0) is 33.3. The summed E-state index contributed by atoms with van der Waals surface area (Å²) in [6.45, 7) is 0. The van der Waals surface area contributed by atoms with Gasteiger partial charge in [-0.1, -0.05) is 164 Å². The van der Waals surface area contributed by atoms with Gasteiger partial charge in [-0.05, 0) is 104 Å². The number of benzene rings is 8. The third-order valence-corrected chi connectivity index (χ3v) is 10.1. The number of hydrogen-bond acceptors (Lipinski definition) is 1. The highest BCUT2D eigenvalue weighted by Crippen LogP contribution is 2.58. The van der Waals surface area contributed by atoms with Crippen LogP contribution in [-0.4, -0.2) is 0 Å². The van der Waals surface area contributed by atoms with Gasteiger partial charge in [-0.15, -0.1) is 0 Å². The minimum atomic E-state index is -0.463. The smallest absolute Gasteiger partial charge is 0.0713 e. The number of nitrogens with zero attached hydrogens (tertiary/aromatic N) is 1. The molecule has 8 aromatic carbocycles. The molecule has 8 aromatic rings. The molecule has 0 amide bonds. The Kier molecular flexibility index (Phi) is 7.44. The van der Waals surface area contributed by atoms with Gasteiger partial charge >= 0.3 is 0 Å². The molecular weight excluding hydrogens is 603 g/mol. The number of fused-ring (bicyclic) bond motifs is 3. The first-order valence-electron chi connectivity index (χ1n) is 17.3. The maximum Gasteiger partial charge on any atom is 0.0713 e. The summed E-state index contributed by atoms with van der Waals surface area (Å²) in [7, 11) is 0. The first-order valence-corrected chi connectivity index (χ1v) is 17.3. The largest absolute Gasteiger partial charge is 0.311 e. The SMILES string of the molecule is c1ccc(-c2cc3c(cc2-c2ccc(N(c4ccccc4)c4ccccc4)cc2)C(c2ccccc2)(c2ccccc2)c2ccccc2-3)cc1. The molecule has 1 heteroatoms. The second-order valence-corrected chi connectivity index (χ2v) is 12.9. The molecule has 0 bridgehead atoms. The Hall–Kier alpha value is -6.44. The lowest BCUT2D eigenvalue weighted by Gasteiger charge is -2.34. The van der Waals surface area contributed by atoms with Crippen LogP contribution in [0.2, 0.25) is 0 Å². The highest BCUT2D eigenvalue weighted by Gasteiger charge is 2.46. The highest BCUT2D eigenvalue weighted by atomic mass is 15.1. The molecule has 0 fully saturated rings. The predicted molar refractivity (Wildman–Crippen MR) is 209 cm³/mol. The molecular formula is C49H35N. The summed E-state index contributed by atoms with van der Waals surface area (Å²) in [6, 6.07) is 77.1. The Morgan fingerprint density at radius 1 is 0.280 bits per heavy atom. The summed E-state index contributed by atoms with van der Waals surface area (Å²) in [5, 5.41) is 0. The molecule has 9 rings (SSSR count). The third kappa shape index (κ3) is 4.86. The molecule has 236 valence electrons. The van der Waals surface area contributed by atoms with Crippen LogP contribution in [0.25, 0.3) is 33.4 Å². The van der Waals surface area contributed by atoms with Crippen molar-refractivity contribution in [2.45, 2.75) is 5.41 Å². The fraction of sp³-hybridized carbons (Fsp3) is 0.0204. The van der Waals surface area contributed by atoms with Crippen molar-refractivity contribution in [2.75, 3.05) is 4.90 Å².